The number of anilines is 3. The molecule has 9 aromatic carbocycles. The van der Waals surface area contributed by atoms with E-state index in [1.807, 2.05) is 28.7 Å². The van der Waals surface area contributed by atoms with E-state index in [1.165, 1.54) is 73.0 Å². The lowest BCUT2D eigenvalue weighted by atomic mass is 10.0. The normalized spacial score (nSPS) is 11.9. The van der Waals surface area contributed by atoms with Crippen LogP contribution < -0.4 is 4.90 Å². The molecular weight excluding hydrogens is 729 g/mol. The second-order valence-corrected chi connectivity index (χ2v) is 17.0. The van der Waals surface area contributed by atoms with Crippen LogP contribution in [0.4, 0.5) is 17.1 Å². The second kappa shape index (κ2) is 12.9. The molecule has 0 saturated carbocycles. The molecule has 12 aromatic rings. The first-order chi connectivity index (χ1) is 28.2. The molecule has 0 aliphatic carbocycles. The highest BCUT2D eigenvalue weighted by Gasteiger charge is 2.16. The predicted octanol–water partition coefficient (Wildman–Crippen LogP) is 16.1. The van der Waals surface area contributed by atoms with Crippen LogP contribution in [0, 0.1) is 0 Å². The Hall–Kier alpha value is -6.85. The zero-order valence-corrected chi connectivity index (χ0v) is 32.3. The Morgan fingerprint density at radius 1 is 0.316 bits per heavy atom. The summed E-state index contributed by atoms with van der Waals surface area (Å²) in [5.74, 6) is 0. The van der Waals surface area contributed by atoms with E-state index in [4.69, 9.17) is 4.98 Å². The lowest BCUT2D eigenvalue weighted by molar-refractivity contribution is 1.29. The Balaban J connectivity index is 0.956. The zero-order valence-electron chi connectivity index (χ0n) is 30.7. The number of benzene rings is 9. The summed E-state index contributed by atoms with van der Waals surface area (Å²) < 4.78 is 5.29. The Morgan fingerprint density at radius 2 is 0.807 bits per heavy atom. The van der Waals surface area contributed by atoms with E-state index in [1.54, 1.807) is 0 Å². The largest absolute Gasteiger partial charge is 0.310 e. The van der Waals surface area contributed by atoms with Crippen molar-refractivity contribution in [3.05, 3.63) is 194 Å². The minimum absolute atomic E-state index is 0.984. The quantitative estimate of drug-likeness (QED) is 0.174. The molecule has 12 rings (SSSR count). The highest BCUT2D eigenvalue weighted by Crippen LogP contribution is 2.43. The molecule has 0 radical (unpaired) electrons. The minimum atomic E-state index is 0.984. The summed E-state index contributed by atoms with van der Waals surface area (Å²) in [7, 11) is 0. The van der Waals surface area contributed by atoms with Gasteiger partial charge in [0.2, 0.25) is 0 Å². The van der Waals surface area contributed by atoms with Crippen LogP contribution in [0.25, 0.3) is 95.2 Å². The molecule has 2 nitrogen and oxygen atoms in total. The van der Waals surface area contributed by atoms with Gasteiger partial charge in [-0.1, -0.05) is 109 Å². The van der Waals surface area contributed by atoms with E-state index in [0.29, 0.717) is 0 Å². The smallest absolute Gasteiger partial charge is 0.0709 e. The van der Waals surface area contributed by atoms with Crippen molar-refractivity contribution in [1.29, 1.82) is 0 Å². The van der Waals surface area contributed by atoms with Gasteiger partial charge in [0, 0.05) is 68.4 Å². The van der Waals surface area contributed by atoms with Gasteiger partial charge in [-0.3, -0.25) is 0 Å². The van der Waals surface area contributed by atoms with Crippen molar-refractivity contribution in [3.8, 4) is 22.4 Å². The molecule has 3 heterocycles. The molecule has 4 heteroatoms. The van der Waals surface area contributed by atoms with E-state index in [9.17, 15) is 0 Å². The van der Waals surface area contributed by atoms with Gasteiger partial charge in [-0.2, -0.15) is 0 Å². The van der Waals surface area contributed by atoms with Crippen molar-refractivity contribution >= 4 is 113 Å². The monoisotopic (exact) mass is 760 g/mol. The topological polar surface area (TPSA) is 16.1 Å². The number of thiophene rings is 2. The zero-order chi connectivity index (χ0) is 37.5. The molecule has 0 unspecified atom stereocenters. The van der Waals surface area contributed by atoms with E-state index in [0.717, 1.165) is 39.2 Å². The van der Waals surface area contributed by atoms with Crippen LogP contribution >= 0.6 is 22.7 Å². The maximum absolute atomic E-state index is 4.92. The Bertz CT molecular complexity index is 3370. The number of fused-ring (bicyclic) bond motifs is 9. The molecule has 0 aliphatic heterocycles. The average molecular weight is 761 g/mol. The number of nitrogens with zero attached hydrogens (tertiary/aromatic N) is 2. The maximum Gasteiger partial charge on any atom is 0.0709 e. The van der Waals surface area contributed by atoms with Gasteiger partial charge >= 0.3 is 0 Å². The lowest BCUT2D eigenvalue weighted by Gasteiger charge is -2.26. The van der Waals surface area contributed by atoms with Crippen molar-refractivity contribution in [3.63, 3.8) is 0 Å². The van der Waals surface area contributed by atoms with Crippen molar-refractivity contribution in [1.82, 2.24) is 4.98 Å². The van der Waals surface area contributed by atoms with E-state index >= 15 is 0 Å². The highest BCUT2D eigenvalue weighted by atomic mass is 32.1. The molecular formula is C53H32N2S2. The first-order valence-electron chi connectivity index (χ1n) is 19.3. The van der Waals surface area contributed by atoms with Crippen LogP contribution in [-0.2, 0) is 0 Å². The highest BCUT2D eigenvalue weighted by molar-refractivity contribution is 7.26. The fourth-order valence-corrected chi connectivity index (χ4v) is 10.8. The van der Waals surface area contributed by atoms with Crippen molar-refractivity contribution in [2.75, 3.05) is 4.90 Å². The van der Waals surface area contributed by atoms with Crippen molar-refractivity contribution in [2.45, 2.75) is 0 Å². The Kier molecular flexibility index (Phi) is 7.31. The van der Waals surface area contributed by atoms with Crippen LogP contribution in [0.5, 0.6) is 0 Å². The summed E-state index contributed by atoms with van der Waals surface area (Å²) in [6, 6.07) is 71.1. The number of rotatable bonds is 5. The summed E-state index contributed by atoms with van der Waals surface area (Å²) in [4.78, 5) is 7.32. The third-order valence-electron chi connectivity index (χ3n) is 11.4. The van der Waals surface area contributed by atoms with Gasteiger partial charge in [0.25, 0.3) is 0 Å². The average Bonchev–Trinajstić information content (AvgIpc) is 3.82. The van der Waals surface area contributed by atoms with E-state index in [2.05, 4.69) is 193 Å². The van der Waals surface area contributed by atoms with Crippen LogP contribution in [0.2, 0.25) is 0 Å². The maximum atomic E-state index is 4.92. The molecule has 0 aliphatic rings. The molecule has 0 amide bonds. The molecule has 0 atom stereocenters. The minimum Gasteiger partial charge on any atom is -0.310 e. The van der Waals surface area contributed by atoms with Gasteiger partial charge in [0.1, 0.15) is 0 Å². The Morgan fingerprint density at radius 3 is 1.42 bits per heavy atom. The number of aromatic nitrogens is 1. The predicted molar refractivity (Wildman–Crippen MR) is 248 cm³/mol. The number of pyridine rings is 1. The van der Waals surface area contributed by atoms with Crippen molar-refractivity contribution in [2.24, 2.45) is 0 Å². The molecule has 57 heavy (non-hydrogen) atoms. The lowest BCUT2D eigenvalue weighted by Crippen LogP contribution is -2.09. The summed E-state index contributed by atoms with van der Waals surface area (Å²) in [5.41, 5.74) is 8.83. The molecule has 0 saturated heterocycles. The summed E-state index contributed by atoms with van der Waals surface area (Å²) >= 11 is 3.74. The SMILES string of the molecule is c1ccc2nc(-c3ccc(-c4ccc(N(c5ccc6cc7c(cc6c5)sc5ccccc57)c5ccc6cc7c(cc6c5)sc5ccccc57)cc4)cc3)ccc2c1. The van der Waals surface area contributed by atoms with Gasteiger partial charge in [0.15, 0.2) is 0 Å². The van der Waals surface area contributed by atoms with E-state index < -0.39 is 0 Å². The fraction of sp³-hybridized carbons (Fsp3) is 0. The van der Waals surface area contributed by atoms with Gasteiger partial charge in [-0.25, -0.2) is 4.98 Å². The third kappa shape index (κ3) is 5.48. The first kappa shape index (κ1) is 32.4. The molecule has 0 fully saturated rings. The molecule has 266 valence electrons. The van der Waals surface area contributed by atoms with Gasteiger partial charge in [-0.15, -0.1) is 22.7 Å². The molecule has 0 N–H and O–H groups in total. The second-order valence-electron chi connectivity index (χ2n) is 14.8. The van der Waals surface area contributed by atoms with Crippen LogP contribution in [0.1, 0.15) is 0 Å². The van der Waals surface area contributed by atoms with Crippen LogP contribution in [-0.4, -0.2) is 4.98 Å². The fourth-order valence-electron chi connectivity index (χ4n) is 8.50. The van der Waals surface area contributed by atoms with Crippen LogP contribution in [0.3, 0.4) is 0 Å². The first-order valence-corrected chi connectivity index (χ1v) is 20.9. The number of para-hydroxylation sites is 1. The summed E-state index contributed by atoms with van der Waals surface area (Å²) in [5, 5.41) is 11.4. The molecule has 0 spiro atoms. The molecule has 3 aromatic heterocycles. The standard InChI is InChI=1S/C53H32N2S2/c1-4-10-48-35(7-1)21-26-49(54-48)36-15-13-33(14-16-36)34-17-22-41(23-18-34)55(42-24-19-37-29-46-44-8-2-5-11-50(44)56-52(46)31-39(37)27-42)43-25-20-38-30-47-45-9-3-6-12-51(45)57-53(47)32-40(38)28-43/h1-32H. The van der Waals surface area contributed by atoms with Gasteiger partial charge in [0.05, 0.1) is 11.2 Å². The van der Waals surface area contributed by atoms with Crippen LogP contribution in [0.15, 0.2) is 194 Å². The third-order valence-corrected chi connectivity index (χ3v) is 13.7. The van der Waals surface area contributed by atoms with Gasteiger partial charge in [-0.05, 0) is 118 Å². The number of hydrogen-bond acceptors (Lipinski definition) is 4. The summed E-state index contributed by atoms with van der Waals surface area (Å²) in [6.45, 7) is 0. The Labute approximate surface area is 337 Å². The van der Waals surface area contributed by atoms with E-state index in [-0.39, 0.29) is 0 Å². The van der Waals surface area contributed by atoms with Gasteiger partial charge < -0.3 is 4.90 Å². The summed E-state index contributed by atoms with van der Waals surface area (Å²) in [6.07, 6.45) is 0. The number of hydrogen-bond donors (Lipinski definition) is 0. The molecule has 0 bridgehead atoms. The van der Waals surface area contributed by atoms with Crippen molar-refractivity contribution < 1.29 is 0 Å².